The van der Waals surface area contributed by atoms with E-state index in [9.17, 15) is 9.18 Å². The van der Waals surface area contributed by atoms with Crippen molar-refractivity contribution in [2.75, 3.05) is 6.54 Å². The van der Waals surface area contributed by atoms with Crippen molar-refractivity contribution in [1.29, 1.82) is 0 Å². The third kappa shape index (κ3) is 3.85. The highest BCUT2D eigenvalue weighted by Crippen LogP contribution is 2.21. The van der Waals surface area contributed by atoms with Gasteiger partial charge in [-0.3, -0.25) is 4.79 Å². The van der Waals surface area contributed by atoms with Crippen LogP contribution in [-0.2, 0) is 6.54 Å². The molecule has 118 valence electrons. The minimum absolute atomic E-state index is 0.221. The van der Waals surface area contributed by atoms with E-state index in [1.165, 1.54) is 12.1 Å². The minimum Gasteiger partial charge on any atom is -0.352 e. The van der Waals surface area contributed by atoms with Gasteiger partial charge in [-0.1, -0.05) is 37.6 Å². The molecular formula is C16H19ClFN3O. The molecule has 0 aliphatic carbocycles. The average Bonchev–Trinajstić information content (AvgIpc) is 2.73. The maximum absolute atomic E-state index is 12.9. The molecule has 1 N–H and O–H groups in total. The molecule has 4 nitrogen and oxygen atoms in total. The number of benzene rings is 1. The van der Waals surface area contributed by atoms with E-state index in [0.29, 0.717) is 35.4 Å². The van der Waals surface area contributed by atoms with Gasteiger partial charge in [0.2, 0.25) is 0 Å². The molecule has 0 aliphatic rings. The molecule has 0 saturated heterocycles. The topological polar surface area (TPSA) is 46.9 Å². The molecule has 0 aliphatic heterocycles. The van der Waals surface area contributed by atoms with Gasteiger partial charge in [0, 0.05) is 6.54 Å². The number of halogens is 2. The third-order valence-electron chi connectivity index (χ3n) is 3.21. The maximum Gasteiger partial charge on any atom is 0.256 e. The number of aromatic nitrogens is 2. The number of nitrogens with one attached hydrogen (secondary N) is 1. The SMILES string of the molecule is Cc1nn(Cc2ccc(F)cc2)c(Cl)c1C(=O)NCC(C)C. The maximum atomic E-state index is 12.9. The quantitative estimate of drug-likeness (QED) is 0.916. The van der Waals surface area contributed by atoms with Crippen LogP contribution in [0.1, 0.15) is 35.5 Å². The van der Waals surface area contributed by atoms with Gasteiger partial charge in [-0.15, -0.1) is 0 Å². The highest BCUT2D eigenvalue weighted by Gasteiger charge is 2.20. The first-order valence-corrected chi connectivity index (χ1v) is 7.51. The smallest absolute Gasteiger partial charge is 0.256 e. The number of carbonyl (C=O) groups excluding carboxylic acids is 1. The molecule has 0 saturated carbocycles. The Labute approximate surface area is 134 Å². The second-order valence-electron chi connectivity index (χ2n) is 5.64. The van der Waals surface area contributed by atoms with Gasteiger partial charge in [0.05, 0.1) is 17.8 Å². The summed E-state index contributed by atoms with van der Waals surface area (Å²) in [6.45, 7) is 6.76. The van der Waals surface area contributed by atoms with Crippen molar-refractivity contribution in [3.05, 3.63) is 52.1 Å². The zero-order valence-electron chi connectivity index (χ0n) is 12.9. The van der Waals surface area contributed by atoms with E-state index in [1.807, 2.05) is 13.8 Å². The molecule has 1 aromatic carbocycles. The Hall–Kier alpha value is -1.88. The second kappa shape index (κ2) is 6.92. The highest BCUT2D eigenvalue weighted by molar-refractivity contribution is 6.33. The first-order chi connectivity index (χ1) is 10.4. The van der Waals surface area contributed by atoms with Crippen molar-refractivity contribution in [1.82, 2.24) is 15.1 Å². The first kappa shape index (κ1) is 16.5. The molecule has 6 heteroatoms. The summed E-state index contributed by atoms with van der Waals surface area (Å²) in [5, 5.41) is 7.44. The molecule has 1 amide bonds. The van der Waals surface area contributed by atoms with Crippen LogP contribution in [0, 0.1) is 18.7 Å². The predicted molar refractivity (Wildman–Crippen MR) is 84.6 cm³/mol. The van der Waals surface area contributed by atoms with Crippen LogP contribution in [0.15, 0.2) is 24.3 Å². The minimum atomic E-state index is -0.291. The molecule has 0 atom stereocenters. The Balaban J connectivity index is 2.19. The van der Waals surface area contributed by atoms with Gasteiger partial charge in [-0.25, -0.2) is 9.07 Å². The van der Waals surface area contributed by atoms with Crippen molar-refractivity contribution in [2.45, 2.75) is 27.3 Å². The van der Waals surface area contributed by atoms with Gasteiger partial charge in [-0.05, 0) is 30.5 Å². The lowest BCUT2D eigenvalue weighted by molar-refractivity contribution is 0.0948. The summed E-state index contributed by atoms with van der Waals surface area (Å²) in [7, 11) is 0. The van der Waals surface area contributed by atoms with Gasteiger partial charge >= 0.3 is 0 Å². The lowest BCUT2D eigenvalue weighted by Gasteiger charge is -2.07. The van der Waals surface area contributed by atoms with Gasteiger partial charge in [0.1, 0.15) is 11.0 Å². The van der Waals surface area contributed by atoms with E-state index in [-0.39, 0.29) is 11.7 Å². The molecule has 1 aromatic heterocycles. The van der Waals surface area contributed by atoms with E-state index in [4.69, 9.17) is 11.6 Å². The van der Waals surface area contributed by atoms with E-state index < -0.39 is 0 Å². The van der Waals surface area contributed by atoms with Crippen LogP contribution in [0.3, 0.4) is 0 Å². The van der Waals surface area contributed by atoms with Gasteiger partial charge < -0.3 is 5.32 Å². The summed E-state index contributed by atoms with van der Waals surface area (Å²) in [5.41, 5.74) is 1.83. The van der Waals surface area contributed by atoms with Crippen LogP contribution >= 0.6 is 11.6 Å². The van der Waals surface area contributed by atoms with Gasteiger partial charge in [0.25, 0.3) is 5.91 Å². The fraction of sp³-hybridized carbons (Fsp3) is 0.375. The first-order valence-electron chi connectivity index (χ1n) is 7.14. The molecule has 0 spiro atoms. The molecule has 0 unspecified atom stereocenters. The molecule has 2 aromatic rings. The van der Waals surface area contributed by atoms with E-state index in [2.05, 4.69) is 10.4 Å². The lowest BCUT2D eigenvalue weighted by Crippen LogP contribution is -2.27. The lowest BCUT2D eigenvalue weighted by atomic mass is 10.2. The van der Waals surface area contributed by atoms with Crippen molar-refractivity contribution in [2.24, 2.45) is 5.92 Å². The Kier molecular flexibility index (Phi) is 5.19. The fourth-order valence-electron chi connectivity index (χ4n) is 2.06. The summed E-state index contributed by atoms with van der Waals surface area (Å²) >= 11 is 6.29. The zero-order valence-corrected chi connectivity index (χ0v) is 13.6. The van der Waals surface area contributed by atoms with Gasteiger partial charge in [-0.2, -0.15) is 5.10 Å². The average molecular weight is 324 g/mol. The van der Waals surface area contributed by atoms with Crippen molar-refractivity contribution >= 4 is 17.5 Å². The Morgan fingerprint density at radius 3 is 2.59 bits per heavy atom. The third-order valence-corrected chi connectivity index (χ3v) is 3.59. The summed E-state index contributed by atoms with van der Waals surface area (Å²) in [6.07, 6.45) is 0. The molecule has 22 heavy (non-hydrogen) atoms. The normalized spacial score (nSPS) is 11.0. The molecule has 0 fully saturated rings. The van der Waals surface area contributed by atoms with E-state index in [1.54, 1.807) is 23.7 Å². The van der Waals surface area contributed by atoms with Crippen molar-refractivity contribution < 1.29 is 9.18 Å². The van der Waals surface area contributed by atoms with Crippen LogP contribution < -0.4 is 5.32 Å². The Morgan fingerprint density at radius 1 is 1.36 bits per heavy atom. The number of amides is 1. The molecular weight excluding hydrogens is 305 g/mol. The fourth-order valence-corrected chi connectivity index (χ4v) is 2.38. The molecule has 0 radical (unpaired) electrons. The predicted octanol–water partition coefficient (Wildman–Crippen LogP) is 3.42. The molecule has 0 bridgehead atoms. The number of aryl methyl sites for hydroxylation is 1. The number of nitrogens with zero attached hydrogens (tertiary/aromatic N) is 2. The molecule has 1 heterocycles. The van der Waals surface area contributed by atoms with Gasteiger partial charge in [0.15, 0.2) is 0 Å². The monoisotopic (exact) mass is 323 g/mol. The summed E-state index contributed by atoms with van der Waals surface area (Å²) in [5.74, 6) is -0.154. The second-order valence-corrected chi connectivity index (χ2v) is 6.00. The van der Waals surface area contributed by atoms with Crippen LogP contribution in [0.25, 0.3) is 0 Å². The zero-order chi connectivity index (χ0) is 16.3. The van der Waals surface area contributed by atoms with E-state index >= 15 is 0 Å². The van der Waals surface area contributed by atoms with Crippen LogP contribution in [0.5, 0.6) is 0 Å². The Bertz CT molecular complexity index is 665. The number of hydrogen-bond acceptors (Lipinski definition) is 2. The number of rotatable bonds is 5. The molecule has 2 rings (SSSR count). The van der Waals surface area contributed by atoms with Crippen LogP contribution in [-0.4, -0.2) is 22.2 Å². The summed E-state index contributed by atoms with van der Waals surface area (Å²) in [6, 6.07) is 6.11. The summed E-state index contributed by atoms with van der Waals surface area (Å²) in [4.78, 5) is 12.2. The van der Waals surface area contributed by atoms with Crippen molar-refractivity contribution in [3.8, 4) is 0 Å². The van der Waals surface area contributed by atoms with Crippen LogP contribution in [0.2, 0.25) is 5.15 Å². The van der Waals surface area contributed by atoms with Crippen molar-refractivity contribution in [3.63, 3.8) is 0 Å². The number of carbonyl (C=O) groups is 1. The number of hydrogen-bond donors (Lipinski definition) is 1. The largest absolute Gasteiger partial charge is 0.352 e. The highest BCUT2D eigenvalue weighted by atomic mass is 35.5. The van der Waals surface area contributed by atoms with Crippen LogP contribution in [0.4, 0.5) is 4.39 Å². The Morgan fingerprint density at radius 2 is 2.00 bits per heavy atom. The van der Waals surface area contributed by atoms with E-state index in [0.717, 1.165) is 5.56 Å². The standard InChI is InChI=1S/C16H19ClFN3O/c1-10(2)8-19-16(22)14-11(3)20-21(15(14)17)9-12-4-6-13(18)7-5-12/h4-7,10H,8-9H2,1-3H3,(H,19,22). The summed E-state index contributed by atoms with van der Waals surface area (Å²) < 4.78 is 14.5.